The topological polar surface area (TPSA) is 41.6 Å². The molecule has 2 saturated heterocycles. The largest absolute Gasteiger partial charge is 0.381 e. The molecular formula is C17H28N2O2. The van der Waals surface area contributed by atoms with Crippen LogP contribution in [0.4, 0.5) is 4.79 Å². The summed E-state index contributed by atoms with van der Waals surface area (Å²) in [6.45, 7) is 9.47. The lowest BCUT2D eigenvalue weighted by Crippen LogP contribution is -2.42. The van der Waals surface area contributed by atoms with Gasteiger partial charge in [-0.25, -0.2) is 4.79 Å². The zero-order valence-corrected chi connectivity index (χ0v) is 13.6. The first kappa shape index (κ1) is 14.9. The summed E-state index contributed by atoms with van der Waals surface area (Å²) in [5.41, 5.74) is 1.95. The summed E-state index contributed by atoms with van der Waals surface area (Å²) >= 11 is 0. The molecule has 21 heavy (non-hydrogen) atoms. The first-order valence-corrected chi connectivity index (χ1v) is 8.20. The molecule has 0 radical (unpaired) electrons. The van der Waals surface area contributed by atoms with Gasteiger partial charge >= 0.3 is 6.03 Å². The van der Waals surface area contributed by atoms with Gasteiger partial charge < -0.3 is 15.0 Å². The predicted octanol–water partition coefficient (Wildman–Crippen LogP) is 3.29. The van der Waals surface area contributed by atoms with E-state index < -0.39 is 0 Å². The Morgan fingerprint density at radius 2 is 2.00 bits per heavy atom. The Morgan fingerprint density at radius 1 is 1.29 bits per heavy atom. The van der Waals surface area contributed by atoms with Crippen molar-refractivity contribution in [3.05, 3.63) is 11.8 Å². The van der Waals surface area contributed by atoms with Gasteiger partial charge in [0.1, 0.15) is 0 Å². The molecule has 118 valence electrons. The molecule has 2 unspecified atom stereocenters. The third-order valence-electron chi connectivity index (χ3n) is 5.21. The van der Waals surface area contributed by atoms with E-state index in [0.29, 0.717) is 16.9 Å². The summed E-state index contributed by atoms with van der Waals surface area (Å²) in [5, 5.41) is 3.02. The van der Waals surface area contributed by atoms with Crippen LogP contribution in [0, 0.1) is 10.8 Å². The number of carbonyl (C=O) groups is 1. The molecule has 2 amide bonds. The molecule has 3 rings (SSSR count). The van der Waals surface area contributed by atoms with Gasteiger partial charge in [-0.3, -0.25) is 0 Å². The molecule has 0 aromatic carbocycles. The third-order valence-corrected chi connectivity index (χ3v) is 5.21. The van der Waals surface area contributed by atoms with E-state index in [0.717, 1.165) is 45.4 Å². The summed E-state index contributed by atoms with van der Waals surface area (Å²) in [6, 6.07) is 0.493. The molecule has 0 aromatic heterocycles. The predicted molar refractivity (Wildman–Crippen MR) is 82.9 cm³/mol. The Labute approximate surface area is 127 Å². The summed E-state index contributed by atoms with van der Waals surface area (Å²) in [5.74, 6) is 0. The van der Waals surface area contributed by atoms with Gasteiger partial charge in [-0.1, -0.05) is 20.8 Å². The number of rotatable bonds is 1. The van der Waals surface area contributed by atoms with Crippen molar-refractivity contribution in [1.29, 1.82) is 0 Å². The van der Waals surface area contributed by atoms with Gasteiger partial charge in [0.25, 0.3) is 0 Å². The Balaban J connectivity index is 1.63. The van der Waals surface area contributed by atoms with E-state index in [4.69, 9.17) is 4.74 Å². The highest BCUT2D eigenvalue weighted by atomic mass is 16.5. The van der Waals surface area contributed by atoms with Gasteiger partial charge in [-0.15, -0.1) is 0 Å². The molecule has 0 aromatic rings. The van der Waals surface area contributed by atoms with Gasteiger partial charge in [-0.2, -0.15) is 0 Å². The van der Waals surface area contributed by atoms with E-state index in [1.165, 1.54) is 12.0 Å². The number of likely N-dealkylation sites (tertiary alicyclic amines) is 1. The standard InChI is InChI=1S/C17H28N2O2/c1-16(2)8-14-9-17(3,11-16)12-19(14)15(20)18-10-13-4-6-21-7-5-13/h10,14H,4-9,11-12H2,1-3H3,(H,18,20). The molecule has 1 saturated carbocycles. The molecular weight excluding hydrogens is 264 g/mol. The first-order chi connectivity index (χ1) is 9.87. The highest BCUT2D eigenvalue weighted by Crippen LogP contribution is 2.52. The van der Waals surface area contributed by atoms with Crippen LogP contribution >= 0.6 is 0 Å². The van der Waals surface area contributed by atoms with Crippen molar-refractivity contribution in [3.8, 4) is 0 Å². The average molecular weight is 292 g/mol. The van der Waals surface area contributed by atoms with Crippen molar-refractivity contribution in [3.63, 3.8) is 0 Å². The van der Waals surface area contributed by atoms with Crippen LogP contribution in [-0.4, -0.2) is 36.7 Å². The third kappa shape index (κ3) is 3.25. The zero-order chi connectivity index (χ0) is 15.1. The molecule has 2 aliphatic heterocycles. The number of nitrogens with zero attached hydrogens (tertiary/aromatic N) is 1. The molecule has 2 heterocycles. The van der Waals surface area contributed by atoms with Crippen molar-refractivity contribution >= 4 is 6.03 Å². The maximum Gasteiger partial charge on any atom is 0.321 e. The van der Waals surface area contributed by atoms with Crippen molar-refractivity contribution < 1.29 is 9.53 Å². The second-order valence-corrected chi connectivity index (χ2v) is 8.21. The fraction of sp³-hybridized carbons (Fsp3) is 0.824. The number of hydrogen-bond acceptors (Lipinski definition) is 2. The maximum absolute atomic E-state index is 12.5. The quantitative estimate of drug-likeness (QED) is 0.805. The van der Waals surface area contributed by atoms with E-state index in [-0.39, 0.29) is 6.03 Å². The second-order valence-electron chi connectivity index (χ2n) is 8.21. The van der Waals surface area contributed by atoms with Crippen molar-refractivity contribution in [2.45, 2.75) is 58.9 Å². The molecule has 1 aliphatic carbocycles. The van der Waals surface area contributed by atoms with E-state index in [9.17, 15) is 4.79 Å². The number of urea groups is 1. The van der Waals surface area contributed by atoms with Crippen molar-refractivity contribution in [1.82, 2.24) is 10.2 Å². The molecule has 2 atom stereocenters. The van der Waals surface area contributed by atoms with Crippen molar-refractivity contribution in [2.75, 3.05) is 19.8 Å². The molecule has 3 fully saturated rings. The van der Waals surface area contributed by atoms with Gasteiger partial charge in [-0.05, 0) is 48.5 Å². The van der Waals surface area contributed by atoms with Crippen LogP contribution in [0.15, 0.2) is 11.8 Å². The first-order valence-electron chi connectivity index (χ1n) is 8.20. The monoisotopic (exact) mass is 292 g/mol. The van der Waals surface area contributed by atoms with Gasteiger partial charge in [0.2, 0.25) is 0 Å². The number of nitrogens with one attached hydrogen (secondary N) is 1. The fourth-order valence-electron chi connectivity index (χ4n) is 4.72. The van der Waals surface area contributed by atoms with Gasteiger partial charge in [0, 0.05) is 18.8 Å². The highest BCUT2D eigenvalue weighted by molar-refractivity contribution is 5.76. The second kappa shape index (κ2) is 5.31. The molecule has 4 nitrogen and oxygen atoms in total. The zero-order valence-electron chi connectivity index (χ0n) is 13.6. The number of fused-ring (bicyclic) bond motifs is 2. The minimum Gasteiger partial charge on any atom is -0.381 e. The Hall–Kier alpha value is -1.03. The van der Waals surface area contributed by atoms with E-state index in [1.807, 2.05) is 6.20 Å². The normalized spacial score (nSPS) is 34.7. The number of hydrogen-bond donors (Lipinski definition) is 1. The molecule has 1 N–H and O–H groups in total. The van der Waals surface area contributed by atoms with Crippen LogP contribution in [0.2, 0.25) is 0 Å². The average Bonchev–Trinajstić information content (AvgIpc) is 2.66. The number of carbonyl (C=O) groups excluding carboxylic acids is 1. The fourth-order valence-corrected chi connectivity index (χ4v) is 4.72. The minimum absolute atomic E-state index is 0.0837. The molecule has 2 bridgehead atoms. The Morgan fingerprint density at radius 3 is 2.71 bits per heavy atom. The summed E-state index contributed by atoms with van der Waals surface area (Å²) in [6.07, 6.45) is 7.30. The molecule has 4 heteroatoms. The van der Waals surface area contributed by atoms with Gasteiger partial charge in [0.15, 0.2) is 0 Å². The summed E-state index contributed by atoms with van der Waals surface area (Å²) < 4.78 is 5.34. The summed E-state index contributed by atoms with van der Waals surface area (Å²) in [7, 11) is 0. The number of ether oxygens (including phenoxy) is 1. The SMILES string of the molecule is CC1(C)CC2CC(C)(CN2C(=O)NC=C2CCOCC2)C1. The van der Waals surface area contributed by atoms with Crippen LogP contribution < -0.4 is 5.32 Å². The van der Waals surface area contributed by atoms with Crippen molar-refractivity contribution in [2.24, 2.45) is 10.8 Å². The van der Waals surface area contributed by atoms with Crippen LogP contribution in [0.5, 0.6) is 0 Å². The lowest BCUT2D eigenvalue weighted by molar-refractivity contribution is 0.118. The smallest absolute Gasteiger partial charge is 0.321 e. The molecule has 0 spiro atoms. The highest BCUT2D eigenvalue weighted by Gasteiger charge is 2.50. The summed E-state index contributed by atoms with van der Waals surface area (Å²) in [4.78, 5) is 14.6. The lowest BCUT2D eigenvalue weighted by atomic mass is 9.65. The minimum atomic E-state index is 0.0837. The Bertz CT molecular complexity index is 450. The van der Waals surface area contributed by atoms with Crippen LogP contribution in [0.3, 0.4) is 0 Å². The maximum atomic E-state index is 12.5. The van der Waals surface area contributed by atoms with Gasteiger partial charge in [0.05, 0.1) is 13.2 Å². The van der Waals surface area contributed by atoms with E-state index in [2.05, 4.69) is 31.0 Å². The van der Waals surface area contributed by atoms with E-state index in [1.54, 1.807) is 0 Å². The van der Waals surface area contributed by atoms with Crippen LogP contribution in [0.1, 0.15) is 52.9 Å². The van der Waals surface area contributed by atoms with Crippen LogP contribution in [0.25, 0.3) is 0 Å². The molecule has 3 aliphatic rings. The van der Waals surface area contributed by atoms with E-state index >= 15 is 0 Å². The number of amides is 2. The Kier molecular flexibility index (Phi) is 3.76. The van der Waals surface area contributed by atoms with Crippen LogP contribution in [-0.2, 0) is 4.74 Å². The lowest BCUT2D eigenvalue weighted by Gasteiger charge is -2.39.